The number of hydrogen-bond donors (Lipinski definition) is 0. The minimum atomic E-state index is -0.292. The van der Waals surface area contributed by atoms with Crippen molar-refractivity contribution in [1.29, 1.82) is 0 Å². The lowest BCUT2D eigenvalue weighted by atomic mass is 10.1. The van der Waals surface area contributed by atoms with Gasteiger partial charge >= 0.3 is 0 Å². The number of imide groups is 1. The van der Waals surface area contributed by atoms with Gasteiger partial charge in [-0.3, -0.25) is 23.7 Å². The fourth-order valence-corrected chi connectivity index (χ4v) is 5.29. The number of para-hydroxylation sites is 1. The predicted molar refractivity (Wildman–Crippen MR) is 135 cm³/mol. The van der Waals surface area contributed by atoms with Gasteiger partial charge in [0.2, 0.25) is 5.78 Å². The Kier molecular flexibility index (Phi) is 5.30. The minimum absolute atomic E-state index is 0.221. The number of nitrogens with zero attached hydrogens (tertiary/aromatic N) is 5. The van der Waals surface area contributed by atoms with E-state index in [-0.39, 0.29) is 23.9 Å². The second kappa shape index (κ2) is 8.65. The maximum absolute atomic E-state index is 13.5. The van der Waals surface area contributed by atoms with E-state index in [1.54, 1.807) is 55.6 Å². The molecule has 0 saturated heterocycles. The average molecular weight is 498 g/mol. The van der Waals surface area contributed by atoms with Crippen molar-refractivity contribution in [3.05, 3.63) is 94.3 Å². The van der Waals surface area contributed by atoms with Gasteiger partial charge < -0.3 is 4.74 Å². The molecule has 1 aliphatic rings. The Balaban J connectivity index is 1.38. The minimum Gasteiger partial charge on any atom is -0.497 e. The molecule has 3 heterocycles. The number of fused-ring (bicyclic) bond motifs is 4. The number of carbonyl (C=O) groups excluding carboxylic acids is 2. The molecular weight excluding hydrogens is 478 g/mol. The molecule has 9 nitrogen and oxygen atoms in total. The van der Waals surface area contributed by atoms with Crippen LogP contribution in [0, 0.1) is 0 Å². The first-order valence-corrected chi connectivity index (χ1v) is 12.2. The van der Waals surface area contributed by atoms with Gasteiger partial charge in [-0.1, -0.05) is 42.1 Å². The first-order valence-electron chi connectivity index (χ1n) is 11.2. The van der Waals surface area contributed by atoms with Crippen LogP contribution in [-0.4, -0.2) is 55.3 Å². The van der Waals surface area contributed by atoms with Crippen molar-refractivity contribution in [2.45, 2.75) is 5.16 Å². The summed E-state index contributed by atoms with van der Waals surface area (Å²) in [5, 5.41) is 9.75. The van der Waals surface area contributed by atoms with E-state index >= 15 is 0 Å². The summed E-state index contributed by atoms with van der Waals surface area (Å²) < 4.78 is 8.67. The largest absolute Gasteiger partial charge is 0.497 e. The van der Waals surface area contributed by atoms with E-state index in [0.717, 1.165) is 0 Å². The SMILES string of the molecule is COc1cccc(-n2c(=O)c3ccccc3n3c(SCCN4C(=O)c5ccccc5C4=O)nnc23)c1. The van der Waals surface area contributed by atoms with Crippen molar-refractivity contribution in [3.8, 4) is 11.4 Å². The Labute approximate surface area is 208 Å². The predicted octanol–water partition coefficient (Wildman–Crippen LogP) is 3.43. The molecule has 1 aliphatic heterocycles. The standard InChI is InChI=1S/C26H19N5O4S/c1-35-17-8-6-7-16(15-17)30-24(34)20-11-4-5-12-21(20)31-25(30)27-28-26(31)36-14-13-29-22(32)18-9-2-3-10-19(18)23(29)33/h2-12,15H,13-14H2,1H3. The number of hydrogen-bond acceptors (Lipinski definition) is 7. The molecule has 5 aromatic rings. The quantitative estimate of drug-likeness (QED) is 0.262. The molecule has 2 aromatic heterocycles. The van der Waals surface area contributed by atoms with Crippen molar-refractivity contribution >= 4 is 40.3 Å². The van der Waals surface area contributed by atoms with Crippen LogP contribution in [-0.2, 0) is 0 Å². The second-order valence-electron chi connectivity index (χ2n) is 8.13. The molecule has 0 radical (unpaired) electrons. The zero-order chi connectivity index (χ0) is 24.8. The highest BCUT2D eigenvalue weighted by Gasteiger charge is 2.34. The highest BCUT2D eigenvalue weighted by Crippen LogP contribution is 2.26. The molecule has 0 aliphatic carbocycles. The van der Waals surface area contributed by atoms with Crippen LogP contribution in [0.3, 0.4) is 0 Å². The maximum atomic E-state index is 13.5. The third kappa shape index (κ3) is 3.37. The molecule has 0 spiro atoms. The second-order valence-corrected chi connectivity index (χ2v) is 9.20. The fourth-order valence-electron chi connectivity index (χ4n) is 4.42. The lowest BCUT2D eigenvalue weighted by Gasteiger charge is -2.14. The molecule has 178 valence electrons. The normalized spacial score (nSPS) is 13.1. The van der Waals surface area contributed by atoms with Crippen LogP contribution >= 0.6 is 11.8 Å². The summed E-state index contributed by atoms with van der Waals surface area (Å²) in [6.45, 7) is 0.222. The summed E-state index contributed by atoms with van der Waals surface area (Å²) in [7, 11) is 1.57. The van der Waals surface area contributed by atoms with Crippen molar-refractivity contribution < 1.29 is 14.3 Å². The van der Waals surface area contributed by atoms with Crippen LogP contribution in [0.25, 0.3) is 22.4 Å². The number of aromatic nitrogens is 4. The molecule has 36 heavy (non-hydrogen) atoms. The molecule has 0 fully saturated rings. The Morgan fingerprint density at radius 1 is 0.861 bits per heavy atom. The zero-order valence-electron chi connectivity index (χ0n) is 19.1. The smallest absolute Gasteiger partial charge is 0.267 e. The van der Waals surface area contributed by atoms with E-state index < -0.39 is 0 Å². The molecule has 0 N–H and O–H groups in total. The van der Waals surface area contributed by atoms with Crippen LogP contribution in [0.4, 0.5) is 0 Å². The Hall–Kier alpha value is -4.44. The molecular formula is C26H19N5O4S. The van der Waals surface area contributed by atoms with Crippen LogP contribution in [0.15, 0.2) is 82.7 Å². The molecule has 0 atom stereocenters. The molecule has 2 amide bonds. The van der Waals surface area contributed by atoms with E-state index in [4.69, 9.17) is 4.74 Å². The van der Waals surface area contributed by atoms with Gasteiger partial charge in [0, 0.05) is 18.4 Å². The average Bonchev–Trinajstić information content (AvgIpc) is 3.44. The Morgan fingerprint density at radius 3 is 2.33 bits per heavy atom. The number of thioether (sulfide) groups is 1. The molecule has 6 rings (SSSR count). The number of methoxy groups -OCH3 is 1. The van der Waals surface area contributed by atoms with Crippen molar-refractivity contribution in [2.75, 3.05) is 19.4 Å². The maximum Gasteiger partial charge on any atom is 0.267 e. The van der Waals surface area contributed by atoms with Gasteiger partial charge in [-0.05, 0) is 36.4 Å². The number of carbonyl (C=O) groups is 2. The van der Waals surface area contributed by atoms with Gasteiger partial charge in [0.1, 0.15) is 5.75 Å². The van der Waals surface area contributed by atoms with Gasteiger partial charge in [0.15, 0.2) is 5.16 Å². The monoisotopic (exact) mass is 497 g/mol. The summed E-state index contributed by atoms with van der Waals surface area (Å²) in [5.41, 5.74) is 1.90. The summed E-state index contributed by atoms with van der Waals surface area (Å²) in [6.07, 6.45) is 0. The molecule has 0 unspecified atom stereocenters. The highest BCUT2D eigenvalue weighted by atomic mass is 32.2. The zero-order valence-corrected chi connectivity index (χ0v) is 19.9. The Morgan fingerprint density at radius 2 is 1.58 bits per heavy atom. The summed E-state index contributed by atoms with van der Waals surface area (Å²) in [6, 6.07) is 21.3. The van der Waals surface area contributed by atoms with E-state index in [1.165, 1.54) is 21.2 Å². The topological polar surface area (TPSA) is 98.8 Å². The lowest BCUT2D eigenvalue weighted by molar-refractivity contribution is 0.0664. The first-order chi connectivity index (χ1) is 17.6. The van der Waals surface area contributed by atoms with Crippen LogP contribution in [0.2, 0.25) is 0 Å². The highest BCUT2D eigenvalue weighted by molar-refractivity contribution is 7.99. The Bertz CT molecular complexity index is 1710. The molecule has 0 saturated carbocycles. The van der Waals surface area contributed by atoms with Crippen molar-refractivity contribution in [2.24, 2.45) is 0 Å². The van der Waals surface area contributed by atoms with E-state index in [0.29, 0.717) is 50.2 Å². The third-order valence-corrected chi connectivity index (χ3v) is 7.04. The van der Waals surface area contributed by atoms with Crippen LogP contribution in [0.1, 0.15) is 20.7 Å². The van der Waals surface area contributed by atoms with E-state index in [9.17, 15) is 14.4 Å². The van der Waals surface area contributed by atoms with E-state index in [2.05, 4.69) is 10.2 Å². The summed E-state index contributed by atoms with van der Waals surface area (Å²) in [4.78, 5) is 40.1. The van der Waals surface area contributed by atoms with Gasteiger partial charge in [0.25, 0.3) is 17.4 Å². The molecule has 3 aromatic carbocycles. The van der Waals surface area contributed by atoms with Gasteiger partial charge in [-0.25, -0.2) is 4.57 Å². The first kappa shape index (κ1) is 22.1. The molecule has 0 bridgehead atoms. The van der Waals surface area contributed by atoms with Crippen molar-refractivity contribution in [3.63, 3.8) is 0 Å². The number of ether oxygens (including phenoxy) is 1. The fraction of sp³-hybridized carbons (Fsp3) is 0.115. The van der Waals surface area contributed by atoms with Crippen molar-refractivity contribution in [1.82, 2.24) is 24.1 Å². The summed E-state index contributed by atoms with van der Waals surface area (Å²) in [5.74, 6) is 0.800. The van der Waals surface area contributed by atoms with Crippen LogP contribution < -0.4 is 10.3 Å². The van der Waals surface area contributed by atoms with E-state index in [1.807, 2.05) is 28.7 Å². The van der Waals surface area contributed by atoms with Gasteiger partial charge in [-0.2, -0.15) is 0 Å². The van der Waals surface area contributed by atoms with Gasteiger partial charge in [-0.15, -0.1) is 10.2 Å². The number of amides is 2. The third-order valence-electron chi connectivity index (χ3n) is 6.13. The number of benzene rings is 3. The lowest BCUT2D eigenvalue weighted by Crippen LogP contribution is -2.31. The number of rotatable bonds is 6. The van der Waals surface area contributed by atoms with Gasteiger partial charge in [0.05, 0.1) is 34.8 Å². The molecule has 10 heteroatoms. The summed E-state index contributed by atoms with van der Waals surface area (Å²) >= 11 is 1.36. The van der Waals surface area contributed by atoms with Crippen LogP contribution in [0.5, 0.6) is 5.75 Å².